The maximum atomic E-state index is 13.0. The summed E-state index contributed by atoms with van der Waals surface area (Å²) in [6.45, 7) is 4.66. The van der Waals surface area contributed by atoms with Gasteiger partial charge < -0.3 is 26.3 Å². The van der Waals surface area contributed by atoms with E-state index < -0.39 is 0 Å². The molecule has 3 aromatic rings. The molecule has 2 heterocycles. The van der Waals surface area contributed by atoms with Crippen LogP contribution in [0.4, 0.5) is 11.4 Å². The smallest absolute Gasteiger partial charge is 0.243 e. The number of nitrogens with zero attached hydrogens (tertiary/aromatic N) is 2. The molecule has 11 heteroatoms. The first-order valence-electron chi connectivity index (χ1n) is 11.3. The number of rotatable bonds is 8. The van der Waals surface area contributed by atoms with Crippen LogP contribution in [0.3, 0.4) is 0 Å². The Balaban J connectivity index is 0.00000216. The number of amidine groups is 1. The lowest BCUT2D eigenvalue weighted by atomic mass is 9.90. The first-order chi connectivity index (χ1) is 16.0. The minimum Gasteiger partial charge on any atom is -0.384 e. The average molecular weight is 555 g/mol. The fourth-order valence-electron chi connectivity index (χ4n) is 4.20. The van der Waals surface area contributed by atoms with Gasteiger partial charge in [-0.15, -0.1) is 37.2 Å². The molecule has 1 amide bonds. The van der Waals surface area contributed by atoms with Crippen molar-refractivity contribution in [3.8, 4) is 0 Å². The van der Waals surface area contributed by atoms with E-state index in [4.69, 9.17) is 11.1 Å². The molecule has 0 spiro atoms. The number of carbonyl (C=O) groups is 1. The summed E-state index contributed by atoms with van der Waals surface area (Å²) in [6, 6.07) is 15.6. The zero-order valence-electron chi connectivity index (χ0n) is 20.1. The molecule has 0 unspecified atom stereocenters. The summed E-state index contributed by atoms with van der Waals surface area (Å²) < 4.78 is 0. The summed E-state index contributed by atoms with van der Waals surface area (Å²) in [5, 5.41) is 14.2. The van der Waals surface area contributed by atoms with Gasteiger partial charge in [0.2, 0.25) is 5.91 Å². The molecule has 0 radical (unpaired) electrons. The molecule has 6 N–H and O–H groups in total. The third-order valence-electron chi connectivity index (χ3n) is 6.14. The molecule has 0 aliphatic carbocycles. The summed E-state index contributed by atoms with van der Waals surface area (Å²) in [7, 11) is 0. The molecule has 2 aromatic carbocycles. The van der Waals surface area contributed by atoms with Gasteiger partial charge in [0.1, 0.15) is 5.84 Å². The molecule has 0 atom stereocenters. The van der Waals surface area contributed by atoms with Crippen LogP contribution in [-0.2, 0) is 11.3 Å². The average Bonchev–Trinajstić information content (AvgIpc) is 3.24. The Hall–Kier alpha value is -2.78. The third-order valence-corrected chi connectivity index (χ3v) is 6.14. The highest BCUT2D eigenvalue weighted by Gasteiger charge is 2.17. The number of carbonyl (C=O) groups excluding carboxylic acids is 1. The van der Waals surface area contributed by atoms with E-state index in [0.717, 1.165) is 48.7 Å². The number of nitrogens with one attached hydrogen (secondary N) is 4. The van der Waals surface area contributed by atoms with Crippen LogP contribution in [0.1, 0.15) is 41.3 Å². The number of nitrogens with two attached hydrogens (primary N) is 1. The Morgan fingerprint density at radius 3 is 2.44 bits per heavy atom. The Bertz CT molecular complexity index is 1110. The fraction of sp³-hybridized carbons (Fsp3) is 0.320. The number of H-pyrrole nitrogens is 1. The Kier molecular flexibility index (Phi) is 12.8. The molecule has 0 bridgehead atoms. The third kappa shape index (κ3) is 8.13. The summed E-state index contributed by atoms with van der Waals surface area (Å²) in [5.41, 5.74) is 11.0. The van der Waals surface area contributed by atoms with E-state index in [9.17, 15) is 4.79 Å². The Labute approximate surface area is 230 Å². The summed E-state index contributed by atoms with van der Waals surface area (Å²) in [5.74, 6) is 0.453. The van der Waals surface area contributed by atoms with E-state index in [1.165, 1.54) is 5.56 Å². The van der Waals surface area contributed by atoms with Gasteiger partial charge in [0.15, 0.2) is 0 Å². The number of imidazole rings is 1. The van der Waals surface area contributed by atoms with E-state index in [-0.39, 0.29) is 55.5 Å². The molecule has 1 aliphatic heterocycles. The maximum absolute atomic E-state index is 13.0. The van der Waals surface area contributed by atoms with Crippen molar-refractivity contribution in [3.63, 3.8) is 0 Å². The molecule has 8 nitrogen and oxygen atoms in total. The van der Waals surface area contributed by atoms with Crippen molar-refractivity contribution in [1.29, 1.82) is 5.41 Å². The van der Waals surface area contributed by atoms with Crippen molar-refractivity contribution < 1.29 is 4.79 Å². The lowest BCUT2D eigenvalue weighted by molar-refractivity contribution is -0.115. The largest absolute Gasteiger partial charge is 0.384 e. The molecule has 36 heavy (non-hydrogen) atoms. The number of piperidine rings is 1. The number of aromatic amines is 1. The van der Waals surface area contributed by atoms with E-state index in [2.05, 4.69) is 32.7 Å². The number of benzene rings is 2. The number of aryl methyl sites for hydroxylation is 1. The molecule has 0 saturated carbocycles. The zero-order valence-corrected chi connectivity index (χ0v) is 22.6. The maximum Gasteiger partial charge on any atom is 0.243 e. The van der Waals surface area contributed by atoms with E-state index in [0.29, 0.717) is 18.0 Å². The predicted molar refractivity (Wildman–Crippen MR) is 153 cm³/mol. The number of halogens is 3. The SMILES string of the molecule is Cc1[nH]cnc1CN(CC(=O)Nc1ccc(C2CCNCC2)cc1)c1cccc(C(=N)N)c1.Cl.Cl.Cl. The van der Waals surface area contributed by atoms with Gasteiger partial charge in [-0.3, -0.25) is 10.2 Å². The van der Waals surface area contributed by atoms with E-state index in [1.807, 2.05) is 42.2 Å². The highest BCUT2D eigenvalue weighted by atomic mass is 35.5. The van der Waals surface area contributed by atoms with Crippen molar-refractivity contribution in [2.75, 3.05) is 29.9 Å². The van der Waals surface area contributed by atoms with Gasteiger partial charge in [-0.25, -0.2) is 4.98 Å². The summed E-state index contributed by atoms with van der Waals surface area (Å²) in [6.07, 6.45) is 3.94. The van der Waals surface area contributed by atoms with Crippen molar-refractivity contribution in [3.05, 3.63) is 77.4 Å². The Morgan fingerprint density at radius 1 is 1.14 bits per heavy atom. The molecule has 1 saturated heterocycles. The number of aromatic nitrogens is 2. The van der Waals surface area contributed by atoms with Crippen LogP contribution in [0.15, 0.2) is 54.9 Å². The van der Waals surface area contributed by atoms with Gasteiger partial charge >= 0.3 is 0 Å². The summed E-state index contributed by atoms with van der Waals surface area (Å²) in [4.78, 5) is 22.4. The number of hydrogen-bond donors (Lipinski definition) is 5. The van der Waals surface area contributed by atoms with Crippen LogP contribution >= 0.6 is 37.2 Å². The van der Waals surface area contributed by atoms with Gasteiger partial charge in [0.05, 0.1) is 25.1 Å². The van der Waals surface area contributed by atoms with Crippen LogP contribution in [0.5, 0.6) is 0 Å². The van der Waals surface area contributed by atoms with Crippen LogP contribution in [0.25, 0.3) is 0 Å². The van der Waals surface area contributed by atoms with Crippen LogP contribution < -0.4 is 21.3 Å². The Morgan fingerprint density at radius 2 is 1.83 bits per heavy atom. The number of anilines is 2. The zero-order chi connectivity index (χ0) is 23.2. The van der Waals surface area contributed by atoms with Gasteiger partial charge in [0.25, 0.3) is 0 Å². The van der Waals surface area contributed by atoms with Gasteiger partial charge in [0, 0.05) is 22.6 Å². The van der Waals surface area contributed by atoms with Crippen LogP contribution in [0.2, 0.25) is 0 Å². The number of nitrogen functional groups attached to an aromatic ring is 1. The topological polar surface area (TPSA) is 123 Å². The van der Waals surface area contributed by atoms with Crippen molar-refractivity contribution in [2.45, 2.75) is 32.2 Å². The molecule has 1 aromatic heterocycles. The first-order valence-corrected chi connectivity index (χ1v) is 11.3. The molecule has 1 aliphatic rings. The molecular formula is C25H34Cl3N7O. The van der Waals surface area contributed by atoms with Crippen molar-refractivity contribution in [2.24, 2.45) is 5.73 Å². The van der Waals surface area contributed by atoms with Crippen molar-refractivity contribution in [1.82, 2.24) is 15.3 Å². The highest BCUT2D eigenvalue weighted by Crippen LogP contribution is 2.26. The standard InChI is InChI=1S/C25H31N7O.3ClH/c1-17-23(30-16-29-17)14-32(22-4-2-3-20(13-22)25(26)27)15-24(33)31-21-7-5-18(6-8-21)19-9-11-28-12-10-19;;;/h2-8,13,16,19,28H,9-12,14-15H2,1H3,(H3,26,27)(H,29,30)(H,31,33);3*1H. The molecule has 4 rings (SSSR count). The van der Waals surface area contributed by atoms with E-state index >= 15 is 0 Å². The quantitative estimate of drug-likeness (QED) is 0.209. The molecule has 1 fully saturated rings. The summed E-state index contributed by atoms with van der Waals surface area (Å²) >= 11 is 0. The molecular weight excluding hydrogens is 521 g/mol. The van der Waals surface area contributed by atoms with E-state index in [1.54, 1.807) is 12.4 Å². The minimum atomic E-state index is -0.119. The van der Waals surface area contributed by atoms with Gasteiger partial charge in [-0.2, -0.15) is 0 Å². The lowest BCUT2D eigenvalue weighted by Gasteiger charge is -2.25. The first kappa shape index (κ1) is 31.3. The normalized spacial score (nSPS) is 12.9. The second-order valence-corrected chi connectivity index (χ2v) is 8.49. The lowest BCUT2D eigenvalue weighted by Crippen LogP contribution is -2.33. The second kappa shape index (κ2) is 14.7. The van der Waals surface area contributed by atoms with Crippen LogP contribution in [0, 0.1) is 12.3 Å². The van der Waals surface area contributed by atoms with Gasteiger partial charge in [-0.1, -0.05) is 24.3 Å². The second-order valence-electron chi connectivity index (χ2n) is 8.49. The highest BCUT2D eigenvalue weighted by molar-refractivity contribution is 5.97. The monoisotopic (exact) mass is 553 g/mol. The molecule has 196 valence electrons. The van der Waals surface area contributed by atoms with Crippen molar-refractivity contribution >= 4 is 60.3 Å². The van der Waals surface area contributed by atoms with Gasteiger partial charge in [-0.05, 0) is 68.6 Å². The minimum absolute atomic E-state index is 0. The predicted octanol–water partition coefficient (Wildman–Crippen LogP) is 4.38. The number of amides is 1. The fourth-order valence-corrected chi connectivity index (χ4v) is 4.20. The van der Waals surface area contributed by atoms with Crippen LogP contribution in [-0.4, -0.2) is 41.3 Å². The number of hydrogen-bond acceptors (Lipinski definition) is 5.